The summed E-state index contributed by atoms with van der Waals surface area (Å²) >= 11 is 0. The van der Waals surface area contributed by atoms with E-state index >= 15 is 0 Å². The lowest BCUT2D eigenvalue weighted by molar-refractivity contribution is -0.137. The summed E-state index contributed by atoms with van der Waals surface area (Å²) in [5.74, 6) is -0.744. The molecule has 5 heteroatoms. The Morgan fingerprint density at radius 3 is 2.92 bits per heavy atom. The minimum Gasteiger partial charge on any atom is -0.481 e. The summed E-state index contributed by atoms with van der Waals surface area (Å²) in [5.41, 5.74) is 1.06. The van der Waals surface area contributed by atoms with E-state index in [4.69, 9.17) is 5.11 Å². The number of allylic oxidation sites excluding steroid dienone is 1. The zero-order valence-electron chi connectivity index (χ0n) is 6.91. The quantitative estimate of drug-likeness (QED) is 0.688. The van der Waals surface area contributed by atoms with Crippen molar-refractivity contribution in [3.8, 4) is 0 Å². The van der Waals surface area contributed by atoms with Gasteiger partial charge in [0.05, 0.1) is 13.1 Å². The Kier molecular flexibility index (Phi) is 4.51. The maximum atomic E-state index is 10.2. The van der Waals surface area contributed by atoms with E-state index in [1.165, 1.54) is 0 Å². The molecule has 1 aliphatic rings. The SMILES string of the molecule is CN1CNC=C1CCC(=O)O.Cl. The molecule has 0 saturated heterocycles. The van der Waals surface area contributed by atoms with Gasteiger partial charge in [0.2, 0.25) is 0 Å². The zero-order chi connectivity index (χ0) is 8.27. The van der Waals surface area contributed by atoms with Crippen molar-refractivity contribution in [2.75, 3.05) is 13.7 Å². The topological polar surface area (TPSA) is 52.6 Å². The van der Waals surface area contributed by atoms with Crippen molar-refractivity contribution in [1.29, 1.82) is 0 Å². The number of carboxylic acids is 1. The van der Waals surface area contributed by atoms with Crippen LogP contribution in [0.5, 0.6) is 0 Å². The van der Waals surface area contributed by atoms with Gasteiger partial charge in [-0.15, -0.1) is 12.4 Å². The Balaban J connectivity index is 0.00000121. The summed E-state index contributed by atoms with van der Waals surface area (Å²) in [6, 6.07) is 0. The van der Waals surface area contributed by atoms with E-state index in [0.717, 1.165) is 12.4 Å². The molecule has 2 N–H and O–H groups in total. The number of carboxylic acid groups (broad SMARTS) is 1. The Morgan fingerprint density at radius 2 is 2.50 bits per heavy atom. The van der Waals surface area contributed by atoms with Crippen LogP contribution < -0.4 is 5.32 Å². The summed E-state index contributed by atoms with van der Waals surface area (Å²) in [6.45, 7) is 0.787. The number of nitrogens with one attached hydrogen (secondary N) is 1. The minimum atomic E-state index is -0.744. The highest BCUT2D eigenvalue weighted by molar-refractivity contribution is 5.85. The molecule has 0 aromatic carbocycles. The fourth-order valence-corrected chi connectivity index (χ4v) is 1.01. The van der Waals surface area contributed by atoms with Crippen LogP contribution in [0.3, 0.4) is 0 Å². The highest BCUT2D eigenvalue weighted by atomic mass is 35.5. The molecule has 0 aromatic rings. The molecule has 0 spiro atoms. The molecule has 1 rings (SSSR count). The fraction of sp³-hybridized carbons (Fsp3) is 0.571. The van der Waals surface area contributed by atoms with Gasteiger partial charge < -0.3 is 15.3 Å². The Hall–Kier alpha value is -0.900. The molecular formula is C7H13ClN2O2. The molecule has 0 amide bonds. The smallest absolute Gasteiger partial charge is 0.303 e. The first-order chi connectivity index (χ1) is 5.20. The molecule has 0 bridgehead atoms. The van der Waals surface area contributed by atoms with Crippen LogP contribution in [0.2, 0.25) is 0 Å². The second kappa shape index (κ2) is 4.87. The molecular weight excluding hydrogens is 180 g/mol. The molecule has 12 heavy (non-hydrogen) atoms. The third-order valence-corrected chi connectivity index (χ3v) is 1.68. The third-order valence-electron chi connectivity index (χ3n) is 1.68. The summed E-state index contributed by atoms with van der Waals surface area (Å²) < 4.78 is 0. The summed E-state index contributed by atoms with van der Waals surface area (Å²) in [7, 11) is 1.94. The number of nitrogens with zero attached hydrogens (tertiary/aromatic N) is 1. The lowest BCUT2D eigenvalue weighted by atomic mass is 10.2. The molecule has 1 heterocycles. The average Bonchev–Trinajstić information content (AvgIpc) is 2.31. The summed E-state index contributed by atoms with van der Waals surface area (Å²) in [5, 5.41) is 11.4. The summed E-state index contributed by atoms with van der Waals surface area (Å²) in [4.78, 5) is 12.2. The van der Waals surface area contributed by atoms with E-state index in [1.54, 1.807) is 0 Å². The van der Waals surface area contributed by atoms with Gasteiger partial charge in [0.25, 0.3) is 0 Å². The molecule has 70 valence electrons. The van der Waals surface area contributed by atoms with E-state index in [9.17, 15) is 4.79 Å². The second-order valence-corrected chi connectivity index (χ2v) is 2.59. The van der Waals surface area contributed by atoms with Gasteiger partial charge in [-0.2, -0.15) is 0 Å². The van der Waals surface area contributed by atoms with Crippen molar-refractivity contribution in [2.24, 2.45) is 0 Å². The van der Waals surface area contributed by atoms with Gasteiger partial charge in [0.1, 0.15) is 0 Å². The molecule has 0 radical (unpaired) electrons. The van der Waals surface area contributed by atoms with Crippen LogP contribution in [-0.2, 0) is 4.79 Å². The number of hydrogen-bond acceptors (Lipinski definition) is 3. The average molecular weight is 193 g/mol. The monoisotopic (exact) mass is 192 g/mol. The molecule has 0 unspecified atom stereocenters. The Labute approximate surface area is 77.7 Å². The molecule has 1 aliphatic heterocycles. The number of rotatable bonds is 3. The van der Waals surface area contributed by atoms with Crippen molar-refractivity contribution in [3.05, 3.63) is 11.9 Å². The van der Waals surface area contributed by atoms with Crippen LogP contribution in [0, 0.1) is 0 Å². The van der Waals surface area contributed by atoms with Gasteiger partial charge in [-0.25, -0.2) is 0 Å². The van der Waals surface area contributed by atoms with Crippen LogP contribution >= 0.6 is 12.4 Å². The standard InChI is InChI=1S/C7H12N2O2.ClH/c1-9-5-8-4-6(9)2-3-7(10)11;/h4,8H,2-3,5H2,1H3,(H,10,11);1H. The third kappa shape index (κ3) is 3.00. The van der Waals surface area contributed by atoms with Crippen LogP contribution in [-0.4, -0.2) is 29.7 Å². The number of carbonyl (C=O) groups is 1. The number of aliphatic carboxylic acids is 1. The Bertz CT molecular complexity index is 194. The van der Waals surface area contributed by atoms with Crippen molar-refractivity contribution >= 4 is 18.4 Å². The first-order valence-corrected chi connectivity index (χ1v) is 3.55. The zero-order valence-corrected chi connectivity index (χ0v) is 7.73. The molecule has 0 saturated carbocycles. The lowest BCUT2D eigenvalue weighted by Gasteiger charge is -2.13. The lowest BCUT2D eigenvalue weighted by Crippen LogP contribution is -2.18. The highest BCUT2D eigenvalue weighted by Gasteiger charge is 2.10. The Morgan fingerprint density at radius 1 is 1.83 bits per heavy atom. The van der Waals surface area contributed by atoms with Gasteiger partial charge in [0.15, 0.2) is 0 Å². The van der Waals surface area contributed by atoms with E-state index in [0.29, 0.717) is 6.42 Å². The predicted octanol–water partition coefficient (Wildman–Crippen LogP) is 0.607. The van der Waals surface area contributed by atoms with Gasteiger partial charge in [-0.1, -0.05) is 0 Å². The fourth-order valence-electron chi connectivity index (χ4n) is 1.01. The first kappa shape index (κ1) is 11.1. The summed E-state index contributed by atoms with van der Waals surface area (Å²) in [6.07, 6.45) is 2.68. The second-order valence-electron chi connectivity index (χ2n) is 2.59. The van der Waals surface area contributed by atoms with Gasteiger partial charge in [-0.3, -0.25) is 4.79 Å². The van der Waals surface area contributed by atoms with E-state index < -0.39 is 5.97 Å². The van der Waals surface area contributed by atoms with E-state index in [2.05, 4.69) is 5.32 Å². The molecule has 0 fully saturated rings. The molecule has 4 nitrogen and oxygen atoms in total. The minimum absolute atomic E-state index is 0. The van der Waals surface area contributed by atoms with Crippen LogP contribution in [0.4, 0.5) is 0 Å². The van der Waals surface area contributed by atoms with Crippen molar-refractivity contribution in [3.63, 3.8) is 0 Å². The largest absolute Gasteiger partial charge is 0.481 e. The maximum absolute atomic E-state index is 10.2. The number of hydrogen-bond donors (Lipinski definition) is 2. The van der Waals surface area contributed by atoms with Crippen LogP contribution in [0.25, 0.3) is 0 Å². The molecule has 0 aliphatic carbocycles. The van der Waals surface area contributed by atoms with E-state index in [1.807, 2.05) is 18.1 Å². The first-order valence-electron chi connectivity index (χ1n) is 3.55. The van der Waals surface area contributed by atoms with Gasteiger partial charge in [-0.05, 0) is 6.42 Å². The highest BCUT2D eigenvalue weighted by Crippen LogP contribution is 2.11. The van der Waals surface area contributed by atoms with Crippen molar-refractivity contribution < 1.29 is 9.90 Å². The van der Waals surface area contributed by atoms with Gasteiger partial charge >= 0.3 is 5.97 Å². The molecule has 0 atom stereocenters. The van der Waals surface area contributed by atoms with E-state index in [-0.39, 0.29) is 18.8 Å². The maximum Gasteiger partial charge on any atom is 0.303 e. The normalized spacial score (nSPS) is 14.8. The number of halogens is 1. The van der Waals surface area contributed by atoms with Crippen molar-refractivity contribution in [2.45, 2.75) is 12.8 Å². The molecule has 0 aromatic heterocycles. The van der Waals surface area contributed by atoms with Gasteiger partial charge in [0, 0.05) is 18.9 Å². The van der Waals surface area contributed by atoms with Crippen LogP contribution in [0.15, 0.2) is 11.9 Å². The van der Waals surface area contributed by atoms with Crippen molar-refractivity contribution in [1.82, 2.24) is 10.2 Å². The predicted molar refractivity (Wildman–Crippen MR) is 48.0 cm³/mol. The van der Waals surface area contributed by atoms with Crippen LogP contribution in [0.1, 0.15) is 12.8 Å².